The number of carbonyl (C=O) groups is 1. The van der Waals surface area contributed by atoms with Gasteiger partial charge in [0.2, 0.25) is 0 Å². The number of rotatable bonds is 6. The Kier molecular flexibility index (Phi) is 7.42. The predicted octanol–water partition coefficient (Wildman–Crippen LogP) is 4.07. The second kappa shape index (κ2) is 8.53. The van der Waals surface area contributed by atoms with Crippen LogP contribution in [0.2, 0.25) is 0 Å². The first-order valence-electron chi connectivity index (χ1n) is 8.83. The fourth-order valence-corrected chi connectivity index (χ4v) is 3.54. The van der Waals surface area contributed by atoms with E-state index < -0.39 is 22.3 Å². The minimum atomic E-state index is -2.25. The number of hydrogen-bond donors (Lipinski definition) is 2. The van der Waals surface area contributed by atoms with Gasteiger partial charge in [0.25, 0.3) is 0 Å². The highest BCUT2D eigenvalue weighted by Crippen LogP contribution is 2.40. The summed E-state index contributed by atoms with van der Waals surface area (Å²) in [5.41, 5.74) is 2.40. The molecule has 0 radical (unpaired) electrons. The molecule has 0 fully saturated rings. The van der Waals surface area contributed by atoms with E-state index in [1.807, 2.05) is 12.1 Å². The third kappa shape index (κ3) is 5.81. The Bertz CT molecular complexity index is 633. The number of phenolic OH excluding ortho intramolecular Hbond substituents is 1. The van der Waals surface area contributed by atoms with Crippen molar-refractivity contribution in [1.82, 2.24) is 0 Å². The summed E-state index contributed by atoms with van der Waals surface area (Å²) in [4.78, 5) is 11.6. The number of esters is 1. The number of aromatic hydroxyl groups is 1. The minimum Gasteiger partial charge on any atom is -0.507 e. The smallest absolute Gasteiger partial charge is 0.323 e. The molecule has 148 valence electrons. The molecule has 5 nitrogen and oxygen atoms in total. The fraction of sp³-hybridized carbons (Fsp3) is 0.650. The summed E-state index contributed by atoms with van der Waals surface area (Å²) >= 11 is -2.25. The van der Waals surface area contributed by atoms with Crippen molar-refractivity contribution < 1.29 is 23.4 Å². The van der Waals surface area contributed by atoms with Gasteiger partial charge in [0.1, 0.15) is 5.75 Å². The second-order valence-corrected chi connectivity index (χ2v) is 9.84. The van der Waals surface area contributed by atoms with Crippen LogP contribution >= 0.6 is 0 Å². The molecule has 0 saturated heterocycles. The van der Waals surface area contributed by atoms with E-state index in [1.54, 1.807) is 0 Å². The number of phenols is 1. The molecule has 0 bridgehead atoms. The lowest BCUT2D eigenvalue weighted by molar-refractivity contribution is -0.140. The highest BCUT2D eigenvalue weighted by molar-refractivity contribution is 7.80. The summed E-state index contributed by atoms with van der Waals surface area (Å²) in [6.07, 6.45) is 1.49. The van der Waals surface area contributed by atoms with Crippen LogP contribution in [0.5, 0.6) is 5.75 Å². The number of ether oxygens (including phenoxy) is 1. The molecule has 1 aromatic carbocycles. The molecule has 2 unspecified atom stereocenters. The maximum absolute atomic E-state index is 11.6. The molecule has 0 amide bonds. The van der Waals surface area contributed by atoms with Gasteiger partial charge in [0, 0.05) is 0 Å². The number of hydrogen-bond acceptors (Lipinski definition) is 4. The highest BCUT2D eigenvalue weighted by Gasteiger charge is 2.27. The van der Waals surface area contributed by atoms with Crippen LogP contribution in [-0.4, -0.2) is 32.2 Å². The SMILES string of the molecule is COC(=O)C(CCCc1cc(C(C)(C)C)c(O)c(C(C)(C)C)c1)S(=O)O. The van der Waals surface area contributed by atoms with Crippen molar-refractivity contribution in [2.45, 2.75) is 76.9 Å². The molecule has 0 saturated carbocycles. The van der Waals surface area contributed by atoms with E-state index in [1.165, 1.54) is 7.11 Å². The molecule has 0 aromatic heterocycles. The van der Waals surface area contributed by atoms with Gasteiger partial charge in [-0.05, 0) is 46.8 Å². The normalized spacial score (nSPS) is 14.8. The molecule has 1 rings (SSSR count). The zero-order chi connectivity index (χ0) is 20.3. The van der Waals surface area contributed by atoms with Crippen LogP contribution in [-0.2, 0) is 37.9 Å². The van der Waals surface area contributed by atoms with Crippen LogP contribution in [0.15, 0.2) is 12.1 Å². The van der Waals surface area contributed by atoms with Gasteiger partial charge >= 0.3 is 5.97 Å². The Morgan fingerprint density at radius 2 is 1.58 bits per heavy atom. The van der Waals surface area contributed by atoms with Crippen LogP contribution in [0.1, 0.15) is 71.1 Å². The van der Waals surface area contributed by atoms with Crippen LogP contribution in [0.3, 0.4) is 0 Å². The number of benzene rings is 1. The van der Waals surface area contributed by atoms with Crippen LogP contribution in [0.4, 0.5) is 0 Å². The third-order valence-electron chi connectivity index (χ3n) is 4.42. The van der Waals surface area contributed by atoms with E-state index >= 15 is 0 Å². The molecule has 0 aliphatic carbocycles. The maximum atomic E-state index is 11.6. The summed E-state index contributed by atoms with van der Waals surface area (Å²) in [7, 11) is 1.22. The van der Waals surface area contributed by atoms with Gasteiger partial charge < -0.3 is 14.4 Å². The van der Waals surface area contributed by atoms with E-state index in [9.17, 15) is 18.7 Å². The highest BCUT2D eigenvalue weighted by atomic mass is 32.2. The zero-order valence-corrected chi connectivity index (χ0v) is 17.7. The second-order valence-electron chi connectivity index (χ2n) is 8.72. The Labute approximate surface area is 159 Å². The molecular formula is C20H32O5S. The average Bonchev–Trinajstić information content (AvgIpc) is 2.49. The summed E-state index contributed by atoms with van der Waals surface area (Å²) in [6.45, 7) is 12.3. The first-order valence-corrected chi connectivity index (χ1v) is 10.0. The molecule has 0 heterocycles. The van der Waals surface area contributed by atoms with Crippen molar-refractivity contribution in [1.29, 1.82) is 0 Å². The van der Waals surface area contributed by atoms with Crippen molar-refractivity contribution >= 4 is 17.0 Å². The lowest BCUT2D eigenvalue weighted by Crippen LogP contribution is -2.27. The van der Waals surface area contributed by atoms with Crippen LogP contribution in [0, 0.1) is 0 Å². The number of methoxy groups -OCH3 is 1. The minimum absolute atomic E-state index is 0.207. The Balaban J connectivity index is 3.10. The molecule has 1 aromatic rings. The van der Waals surface area contributed by atoms with Gasteiger partial charge in [-0.1, -0.05) is 53.7 Å². The summed E-state index contributed by atoms with van der Waals surface area (Å²) in [5.74, 6) is -0.333. The van der Waals surface area contributed by atoms with Gasteiger partial charge in [-0.15, -0.1) is 0 Å². The molecule has 26 heavy (non-hydrogen) atoms. The van der Waals surface area contributed by atoms with Crippen LogP contribution in [0.25, 0.3) is 0 Å². The fourth-order valence-electron chi connectivity index (χ4n) is 2.91. The Morgan fingerprint density at radius 3 is 1.92 bits per heavy atom. The molecule has 6 heteroatoms. The summed E-state index contributed by atoms with van der Waals surface area (Å²) < 4.78 is 25.2. The van der Waals surface area contributed by atoms with E-state index in [4.69, 9.17) is 0 Å². The van der Waals surface area contributed by atoms with Crippen molar-refractivity contribution in [3.05, 3.63) is 28.8 Å². The number of aryl methyl sites for hydroxylation is 1. The standard InChI is InChI=1S/C20H32O5S/c1-19(2,3)14-11-13(12-15(17(14)21)20(4,5)6)9-8-10-16(26(23)24)18(22)25-7/h11-12,16,21H,8-10H2,1-7H3,(H,23,24). The molecular weight excluding hydrogens is 352 g/mol. The maximum Gasteiger partial charge on any atom is 0.323 e. The topological polar surface area (TPSA) is 83.8 Å². The Morgan fingerprint density at radius 1 is 1.12 bits per heavy atom. The first-order chi connectivity index (χ1) is 11.8. The van der Waals surface area contributed by atoms with Gasteiger partial charge in [-0.25, -0.2) is 4.21 Å². The van der Waals surface area contributed by atoms with Crippen molar-refractivity contribution in [3.8, 4) is 5.75 Å². The van der Waals surface area contributed by atoms with Gasteiger partial charge in [0.05, 0.1) is 7.11 Å². The van der Waals surface area contributed by atoms with E-state index in [0.717, 1.165) is 16.7 Å². The average molecular weight is 385 g/mol. The lowest BCUT2D eigenvalue weighted by Gasteiger charge is -2.28. The number of carbonyl (C=O) groups excluding carboxylic acids is 1. The largest absolute Gasteiger partial charge is 0.507 e. The summed E-state index contributed by atoms with van der Waals surface area (Å²) in [6, 6.07) is 3.99. The predicted molar refractivity (Wildman–Crippen MR) is 105 cm³/mol. The summed E-state index contributed by atoms with van der Waals surface area (Å²) in [5, 5.41) is 9.71. The van der Waals surface area contributed by atoms with Crippen LogP contribution < -0.4 is 0 Å². The third-order valence-corrected chi connectivity index (χ3v) is 5.34. The van der Waals surface area contributed by atoms with E-state index in [-0.39, 0.29) is 17.3 Å². The van der Waals surface area contributed by atoms with Gasteiger partial charge in [-0.3, -0.25) is 4.79 Å². The van der Waals surface area contributed by atoms with Crippen molar-refractivity contribution in [2.24, 2.45) is 0 Å². The molecule has 0 aliphatic heterocycles. The zero-order valence-electron chi connectivity index (χ0n) is 16.9. The molecule has 2 N–H and O–H groups in total. The van der Waals surface area contributed by atoms with E-state index in [0.29, 0.717) is 18.6 Å². The van der Waals surface area contributed by atoms with Gasteiger partial charge in [0.15, 0.2) is 16.3 Å². The molecule has 0 aliphatic rings. The monoisotopic (exact) mass is 384 g/mol. The first kappa shape index (κ1) is 22.6. The van der Waals surface area contributed by atoms with Crippen molar-refractivity contribution in [3.63, 3.8) is 0 Å². The lowest BCUT2D eigenvalue weighted by atomic mass is 9.78. The van der Waals surface area contributed by atoms with Gasteiger partial charge in [-0.2, -0.15) is 0 Å². The molecule has 2 atom stereocenters. The van der Waals surface area contributed by atoms with Crippen molar-refractivity contribution in [2.75, 3.05) is 7.11 Å². The molecule has 0 spiro atoms. The Hall–Kier alpha value is -1.40. The van der Waals surface area contributed by atoms with E-state index in [2.05, 4.69) is 46.3 Å². The quantitative estimate of drug-likeness (QED) is 0.570.